The first kappa shape index (κ1) is 25.6. The number of piperazine rings is 1. The Morgan fingerprint density at radius 3 is 2.19 bits per heavy atom. The van der Waals surface area contributed by atoms with Crippen molar-refractivity contribution < 1.29 is 17.9 Å². The minimum absolute atomic E-state index is 0.0149. The number of ether oxygens (including phenoxy) is 2. The average molecular weight is 521 g/mol. The van der Waals surface area contributed by atoms with Crippen LogP contribution in [0.4, 0.5) is 5.69 Å². The second kappa shape index (κ2) is 11.6. The summed E-state index contributed by atoms with van der Waals surface area (Å²) in [5.41, 5.74) is 2.98. The summed E-state index contributed by atoms with van der Waals surface area (Å²) in [6.45, 7) is 1.67. The number of nitrogens with zero attached hydrogens (tertiary/aromatic N) is 2. The molecule has 0 radical (unpaired) electrons. The Hall–Kier alpha value is -3.03. The van der Waals surface area contributed by atoms with Crippen molar-refractivity contribution in [3.05, 3.63) is 90.0 Å². The van der Waals surface area contributed by atoms with E-state index in [0.29, 0.717) is 26.1 Å². The number of rotatable bonds is 9. The van der Waals surface area contributed by atoms with E-state index >= 15 is 0 Å². The van der Waals surface area contributed by atoms with Gasteiger partial charge >= 0.3 is 0 Å². The van der Waals surface area contributed by atoms with Crippen LogP contribution in [0.25, 0.3) is 0 Å². The van der Waals surface area contributed by atoms with E-state index in [2.05, 4.69) is 23.1 Å². The summed E-state index contributed by atoms with van der Waals surface area (Å²) in [4.78, 5) is 2.28. The number of methoxy groups -OCH3 is 1. The highest BCUT2D eigenvalue weighted by Crippen LogP contribution is 2.36. The van der Waals surface area contributed by atoms with Gasteiger partial charge in [0.05, 0.1) is 19.0 Å². The van der Waals surface area contributed by atoms with Crippen LogP contribution in [0.15, 0.2) is 78.9 Å². The van der Waals surface area contributed by atoms with Crippen LogP contribution in [-0.2, 0) is 22.2 Å². The van der Waals surface area contributed by atoms with Crippen LogP contribution >= 0.6 is 0 Å². The first-order valence-corrected chi connectivity index (χ1v) is 14.8. The molecule has 3 aromatic rings. The summed E-state index contributed by atoms with van der Waals surface area (Å²) < 4.78 is 40.8. The molecule has 1 saturated carbocycles. The summed E-state index contributed by atoms with van der Waals surface area (Å²) in [6, 6.07) is 25.5. The zero-order chi connectivity index (χ0) is 25.7. The lowest BCUT2D eigenvalue weighted by molar-refractivity contribution is 0.200. The lowest BCUT2D eigenvalue weighted by Crippen LogP contribution is -2.56. The Bertz CT molecular complexity index is 1260. The molecule has 0 aromatic heterocycles. The Labute approximate surface area is 220 Å². The first-order valence-electron chi connectivity index (χ1n) is 13.2. The van der Waals surface area contributed by atoms with Gasteiger partial charge in [-0.1, -0.05) is 60.7 Å². The normalized spacial score (nSPS) is 19.2. The smallest absolute Gasteiger partial charge is 0.218 e. The molecule has 5 rings (SSSR count). The third-order valence-corrected chi connectivity index (χ3v) is 9.29. The Balaban J connectivity index is 1.39. The molecule has 0 amide bonds. The quantitative estimate of drug-likeness (QED) is 0.384. The molecule has 1 aliphatic carbocycles. The van der Waals surface area contributed by atoms with Crippen molar-refractivity contribution in [1.82, 2.24) is 4.31 Å². The minimum atomic E-state index is -3.48. The van der Waals surface area contributed by atoms with E-state index in [0.717, 1.165) is 41.2 Å². The summed E-state index contributed by atoms with van der Waals surface area (Å²) >= 11 is 0. The maximum Gasteiger partial charge on any atom is 0.218 e. The molecule has 37 heavy (non-hydrogen) atoms. The van der Waals surface area contributed by atoms with Crippen LogP contribution in [0, 0.1) is 0 Å². The molecular formula is C30H36N2O4S. The van der Waals surface area contributed by atoms with Gasteiger partial charge in [-0.2, -0.15) is 4.31 Å². The van der Waals surface area contributed by atoms with Crippen molar-refractivity contribution in [3.63, 3.8) is 0 Å². The summed E-state index contributed by atoms with van der Waals surface area (Å²) in [5.74, 6) is 1.52. The molecule has 1 heterocycles. The molecule has 0 N–H and O–H groups in total. The van der Waals surface area contributed by atoms with Crippen LogP contribution < -0.4 is 14.4 Å². The molecule has 6 nitrogen and oxygen atoms in total. The van der Waals surface area contributed by atoms with Crippen molar-refractivity contribution in [2.45, 2.75) is 50.0 Å². The standard InChI is InChI=1S/C30H36N2O4S/c1-35-29-17-16-26(21-30(29)36-28-14-8-9-15-28)31-18-19-32(27(22-31)20-24-10-4-2-5-11-24)37(33,34)23-25-12-6-3-7-13-25/h2-7,10-13,16-17,21,27-28H,8-9,14-15,18-20,22-23H2,1H3. The van der Waals surface area contributed by atoms with E-state index in [9.17, 15) is 8.42 Å². The van der Waals surface area contributed by atoms with E-state index in [1.165, 1.54) is 12.8 Å². The molecule has 7 heteroatoms. The van der Waals surface area contributed by atoms with Gasteiger partial charge in [-0.25, -0.2) is 8.42 Å². The second-order valence-electron chi connectivity index (χ2n) is 10.0. The number of hydrogen-bond donors (Lipinski definition) is 0. The Kier molecular flexibility index (Phi) is 8.01. The van der Waals surface area contributed by atoms with E-state index in [-0.39, 0.29) is 17.9 Å². The number of hydrogen-bond acceptors (Lipinski definition) is 5. The third-order valence-electron chi connectivity index (χ3n) is 7.40. The highest BCUT2D eigenvalue weighted by molar-refractivity contribution is 7.88. The fourth-order valence-electron chi connectivity index (χ4n) is 5.50. The van der Waals surface area contributed by atoms with Crippen LogP contribution in [0.2, 0.25) is 0 Å². The van der Waals surface area contributed by atoms with Gasteiger partial charge in [0.2, 0.25) is 10.0 Å². The second-order valence-corrected chi connectivity index (χ2v) is 11.9. The molecule has 2 aliphatic rings. The molecule has 2 fully saturated rings. The lowest BCUT2D eigenvalue weighted by Gasteiger charge is -2.42. The zero-order valence-corrected chi connectivity index (χ0v) is 22.3. The van der Waals surface area contributed by atoms with Crippen molar-refractivity contribution in [3.8, 4) is 11.5 Å². The highest BCUT2D eigenvalue weighted by atomic mass is 32.2. The third kappa shape index (κ3) is 6.28. The summed E-state index contributed by atoms with van der Waals surface area (Å²) in [5, 5.41) is 0. The number of benzene rings is 3. The maximum atomic E-state index is 13.6. The molecule has 196 valence electrons. The SMILES string of the molecule is COc1ccc(N2CCN(S(=O)(=O)Cc3ccccc3)C(Cc3ccccc3)C2)cc1OC1CCCC1. The maximum absolute atomic E-state index is 13.6. The topological polar surface area (TPSA) is 59.1 Å². The van der Waals surface area contributed by atoms with Gasteiger partial charge in [0.25, 0.3) is 0 Å². The van der Waals surface area contributed by atoms with Gasteiger partial charge in [0.1, 0.15) is 0 Å². The molecule has 1 atom stereocenters. The van der Waals surface area contributed by atoms with Crippen molar-refractivity contribution >= 4 is 15.7 Å². The van der Waals surface area contributed by atoms with Crippen molar-refractivity contribution in [2.75, 3.05) is 31.6 Å². The van der Waals surface area contributed by atoms with Crippen LogP contribution in [0.5, 0.6) is 11.5 Å². The zero-order valence-electron chi connectivity index (χ0n) is 21.5. The predicted octanol–water partition coefficient (Wildman–Crippen LogP) is 5.28. The molecule has 0 bridgehead atoms. The number of anilines is 1. The van der Waals surface area contributed by atoms with Gasteiger partial charge in [0, 0.05) is 37.4 Å². The highest BCUT2D eigenvalue weighted by Gasteiger charge is 2.35. The fraction of sp³-hybridized carbons (Fsp3) is 0.400. The molecule has 0 spiro atoms. The van der Waals surface area contributed by atoms with Gasteiger partial charge in [0.15, 0.2) is 11.5 Å². The van der Waals surface area contributed by atoms with Crippen molar-refractivity contribution in [1.29, 1.82) is 0 Å². The molecular weight excluding hydrogens is 484 g/mol. The van der Waals surface area contributed by atoms with E-state index < -0.39 is 10.0 Å². The number of sulfonamides is 1. The van der Waals surface area contributed by atoms with E-state index in [4.69, 9.17) is 9.47 Å². The lowest BCUT2D eigenvalue weighted by atomic mass is 10.0. The average Bonchev–Trinajstić information content (AvgIpc) is 3.42. The molecule has 1 unspecified atom stereocenters. The monoisotopic (exact) mass is 520 g/mol. The van der Waals surface area contributed by atoms with Crippen LogP contribution in [0.3, 0.4) is 0 Å². The molecule has 1 saturated heterocycles. The Morgan fingerprint density at radius 2 is 1.51 bits per heavy atom. The van der Waals surface area contributed by atoms with Crippen LogP contribution in [-0.4, -0.2) is 51.6 Å². The van der Waals surface area contributed by atoms with Gasteiger partial charge in [-0.3, -0.25) is 0 Å². The first-order chi connectivity index (χ1) is 18.0. The fourth-order valence-corrected chi connectivity index (χ4v) is 7.23. The summed E-state index contributed by atoms with van der Waals surface area (Å²) in [6.07, 6.45) is 5.44. The van der Waals surface area contributed by atoms with Crippen molar-refractivity contribution in [2.24, 2.45) is 0 Å². The minimum Gasteiger partial charge on any atom is -0.493 e. The largest absolute Gasteiger partial charge is 0.493 e. The molecule has 1 aliphatic heterocycles. The molecule has 3 aromatic carbocycles. The van der Waals surface area contributed by atoms with Gasteiger partial charge in [-0.15, -0.1) is 0 Å². The van der Waals surface area contributed by atoms with Gasteiger partial charge < -0.3 is 14.4 Å². The van der Waals surface area contributed by atoms with Crippen LogP contribution in [0.1, 0.15) is 36.8 Å². The van der Waals surface area contributed by atoms with Gasteiger partial charge in [-0.05, 0) is 55.4 Å². The van der Waals surface area contributed by atoms with E-state index in [1.54, 1.807) is 11.4 Å². The Morgan fingerprint density at radius 1 is 0.838 bits per heavy atom. The predicted molar refractivity (Wildman–Crippen MR) is 148 cm³/mol. The van der Waals surface area contributed by atoms with E-state index in [1.807, 2.05) is 60.7 Å². The summed E-state index contributed by atoms with van der Waals surface area (Å²) in [7, 11) is -1.81.